The number of ether oxygens (including phenoxy) is 1. The van der Waals surface area contributed by atoms with E-state index in [4.69, 9.17) is 10.2 Å². The molecular formula is C10H18O8. The smallest absolute Gasteiger partial charge is 0.337 e. The summed E-state index contributed by atoms with van der Waals surface area (Å²) in [6.07, 6.45) is -7.45. The summed E-state index contributed by atoms with van der Waals surface area (Å²) in [6, 6.07) is 0. The second-order valence-corrected chi connectivity index (χ2v) is 3.73. The van der Waals surface area contributed by atoms with E-state index >= 15 is 0 Å². The largest absolute Gasteiger partial charge is 0.479 e. The van der Waals surface area contributed by atoms with Gasteiger partial charge in [0, 0.05) is 0 Å². The van der Waals surface area contributed by atoms with Crippen molar-refractivity contribution < 1.29 is 39.9 Å². The molecule has 106 valence electrons. The molecule has 0 heterocycles. The van der Waals surface area contributed by atoms with Gasteiger partial charge in [-0.05, 0) is 6.42 Å². The number of carbonyl (C=O) groups excluding carboxylic acids is 1. The van der Waals surface area contributed by atoms with Crippen molar-refractivity contribution in [3.05, 3.63) is 0 Å². The summed E-state index contributed by atoms with van der Waals surface area (Å²) in [5, 5.41) is 45.1. The van der Waals surface area contributed by atoms with Crippen LogP contribution in [0.1, 0.15) is 19.8 Å². The van der Waals surface area contributed by atoms with Gasteiger partial charge < -0.3 is 30.3 Å². The number of carboxylic acid groups (broad SMARTS) is 1. The molecule has 0 fully saturated rings. The van der Waals surface area contributed by atoms with Gasteiger partial charge in [-0.3, -0.25) is 0 Å². The van der Waals surface area contributed by atoms with Gasteiger partial charge >= 0.3 is 11.9 Å². The van der Waals surface area contributed by atoms with Gasteiger partial charge in [-0.15, -0.1) is 0 Å². The molecule has 0 radical (unpaired) electrons. The maximum atomic E-state index is 11.2. The first kappa shape index (κ1) is 16.8. The first-order chi connectivity index (χ1) is 8.32. The summed E-state index contributed by atoms with van der Waals surface area (Å²) < 4.78 is 4.57. The Hall–Kier alpha value is -1.22. The van der Waals surface area contributed by atoms with Crippen molar-refractivity contribution >= 4 is 11.9 Å². The standard InChI is InChI=1S/C10H18O8/c1-2-3-4-18-10(17)8(14)6(12)5(11)7(13)9(15)16/h5-8,11-14H,2-4H2,1H3,(H,15,16)/t5-,6+,7+,8-/m1/s1. The zero-order valence-corrected chi connectivity index (χ0v) is 9.89. The number of rotatable bonds is 8. The quantitative estimate of drug-likeness (QED) is 0.247. The second-order valence-electron chi connectivity index (χ2n) is 3.73. The Labute approximate surface area is 103 Å². The number of aliphatic carboxylic acids is 1. The normalized spacial score (nSPS) is 17.6. The zero-order chi connectivity index (χ0) is 14.3. The van der Waals surface area contributed by atoms with Gasteiger partial charge in [0.25, 0.3) is 0 Å². The highest BCUT2D eigenvalue weighted by molar-refractivity contribution is 5.76. The van der Waals surface area contributed by atoms with E-state index in [0.29, 0.717) is 6.42 Å². The van der Waals surface area contributed by atoms with Crippen molar-refractivity contribution in [3.63, 3.8) is 0 Å². The molecule has 0 spiro atoms. The van der Waals surface area contributed by atoms with E-state index in [9.17, 15) is 24.9 Å². The molecule has 18 heavy (non-hydrogen) atoms. The van der Waals surface area contributed by atoms with Gasteiger partial charge in [-0.2, -0.15) is 0 Å². The summed E-state index contributed by atoms with van der Waals surface area (Å²) in [7, 11) is 0. The monoisotopic (exact) mass is 266 g/mol. The van der Waals surface area contributed by atoms with Crippen LogP contribution in [-0.2, 0) is 14.3 Å². The maximum Gasteiger partial charge on any atom is 0.337 e. The maximum absolute atomic E-state index is 11.2. The fourth-order valence-corrected chi connectivity index (χ4v) is 1.06. The van der Waals surface area contributed by atoms with E-state index in [1.807, 2.05) is 6.92 Å². The van der Waals surface area contributed by atoms with E-state index in [1.165, 1.54) is 0 Å². The molecule has 0 aliphatic rings. The molecule has 0 aromatic carbocycles. The molecule has 0 aliphatic heterocycles. The first-order valence-electron chi connectivity index (χ1n) is 5.44. The van der Waals surface area contributed by atoms with Crippen molar-refractivity contribution in [2.24, 2.45) is 0 Å². The molecule has 0 aromatic heterocycles. The predicted molar refractivity (Wildman–Crippen MR) is 57.5 cm³/mol. The van der Waals surface area contributed by atoms with Gasteiger partial charge in [0.15, 0.2) is 12.2 Å². The summed E-state index contributed by atoms with van der Waals surface area (Å²) in [5.74, 6) is -2.97. The average molecular weight is 266 g/mol. The van der Waals surface area contributed by atoms with Crippen LogP contribution in [0.2, 0.25) is 0 Å². The van der Waals surface area contributed by atoms with E-state index in [-0.39, 0.29) is 6.61 Å². The van der Waals surface area contributed by atoms with Crippen LogP contribution in [0.4, 0.5) is 0 Å². The van der Waals surface area contributed by atoms with Gasteiger partial charge in [0.2, 0.25) is 0 Å². The number of aliphatic hydroxyl groups is 4. The Balaban J connectivity index is 4.35. The number of esters is 1. The highest BCUT2D eigenvalue weighted by Crippen LogP contribution is 2.07. The Morgan fingerprint density at radius 3 is 2.00 bits per heavy atom. The molecule has 0 bridgehead atoms. The van der Waals surface area contributed by atoms with Crippen molar-refractivity contribution in [2.75, 3.05) is 6.61 Å². The first-order valence-corrected chi connectivity index (χ1v) is 5.44. The van der Waals surface area contributed by atoms with Crippen LogP contribution in [0.3, 0.4) is 0 Å². The summed E-state index contributed by atoms with van der Waals surface area (Å²) in [6.45, 7) is 1.89. The summed E-state index contributed by atoms with van der Waals surface area (Å²) in [5.41, 5.74) is 0. The molecule has 0 amide bonds. The third-order valence-electron chi connectivity index (χ3n) is 2.23. The summed E-state index contributed by atoms with van der Waals surface area (Å²) >= 11 is 0. The minimum atomic E-state index is -2.31. The summed E-state index contributed by atoms with van der Waals surface area (Å²) in [4.78, 5) is 21.5. The number of aliphatic hydroxyl groups excluding tert-OH is 4. The van der Waals surface area contributed by atoms with Crippen LogP contribution in [0, 0.1) is 0 Å². The number of unbranched alkanes of at least 4 members (excludes halogenated alkanes) is 1. The van der Waals surface area contributed by atoms with Gasteiger partial charge in [-0.25, -0.2) is 9.59 Å². The van der Waals surface area contributed by atoms with E-state index in [2.05, 4.69) is 4.74 Å². The molecule has 5 N–H and O–H groups in total. The second kappa shape index (κ2) is 7.98. The fraction of sp³-hybridized carbons (Fsp3) is 0.800. The molecule has 0 aliphatic carbocycles. The topological polar surface area (TPSA) is 145 Å². The molecule has 8 nitrogen and oxygen atoms in total. The van der Waals surface area contributed by atoms with Gasteiger partial charge in [0.1, 0.15) is 12.2 Å². The Bertz CT molecular complexity index is 279. The van der Waals surface area contributed by atoms with Crippen LogP contribution in [-0.4, -0.2) is 68.5 Å². The third kappa shape index (κ3) is 4.96. The Kier molecular flexibility index (Phi) is 7.44. The molecule has 0 aromatic rings. The average Bonchev–Trinajstić information content (AvgIpc) is 2.35. The molecule has 0 rings (SSSR count). The lowest BCUT2D eigenvalue weighted by Gasteiger charge is -2.23. The number of hydrogen-bond acceptors (Lipinski definition) is 7. The molecule has 0 saturated carbocycles. The molecule has 4 atom stereocenters. The van der Waals surface area contributed by atoms with Crippen LogP contribution >= 0.6 is 0 Å². The van der Waals surface area contributed by atoms with E-state index < -0.39 is 36.4 Å². The molecule has 0 saturated heterocycles. The number of carbonyl (C=O) groups is 2. The highest BCUT2D eigenvalue weighted by atomic mass is 16.5. The van der Waals surface area contributed by atoms with Crippen LogP contribution in [0.15, 0.2) is 0 Å². The van der Waals surface area contributed by atoms with Crippen molar-refractivity contribution in [3.8, 4) is 0 Å². The zero-order valence-electron chi connectivity index (χ0n) is 9.89. The SMILES string of the molecule is CCCCOC(=O)[C@H](O)[C@@H](O)[C@@H](O)[C@H](O)C(=O)O. The number of hydrogen-bond donors (Lipinski definition) is 5. The predicted octanol–water partition coefficient (Wildman–Crippen LogP) is -2.14. The molecule has 8 heteroatoms. The lowest BCUT2D eigenvalue weighted by Crippen LogP contribution is -2.50. The number of carboxylic acids is 1. The Morgan fingerprint density at radius 2 is 1.56 bits per heavy atom. The lowest BCUT2D eigenvalue weighted by atomic mass is 10.0. The van der Waals surface area contributed by atoms with E-state index in [0.717, 1.165) is 6.42 Å². The molecular weight excluding hydrogens is 248 g/mol. The van der Waals surface area contributed by atoms with Gasteiger partial charge in [0.05, 0.1) is 6.61 Å². The van der Waals surface area contributed by atoms with Crippen LogP contribution in [0.5, 0.6) is 0 Å². The highest BCUT2D eigenvalue weighted by Gasteiger charge is 2.38. The lowest BCUT2D eigenvalue weighted by molar-refractivity contribution is -0.176. The minimum Gasteiger partial charge on any atom is -0.479 e. The van der Waals surface area contributed by atoms with Gasteiger partial charge in [-0.1, -0.05) is 13.3 Å². The van der Waals surface area contributed by atoms with E-state index in [1.54, 1.807) is 0 Å². The van der Waals surface area contributed by atoms with Crippen molar-refractivity contribution in [1.82, 2.24) is 0 Å². The van der Waals surface area contributed by atoms with Crippen molar-refractivity contribution in [1.29, 1.82) is 0 Å². The van der Waals surface area contributed by atoms with Crippen LogP contribution in [0.25, 0.3) is 0 Å². The minimum absolute atomic E-state index is 0.0384. The Morgan fingerprint density at radius 1 is 1.06 bits per heavy atom. The van der Waals surface area contributed by atoms with Crippen LogP contribution < -0.4 is 0 Å². The third-order valence-corrected chi connectivity index (χ3v) is 2.23. The van der Waals surface area contributed by atoms with Crippen molar-refractivity contribution in [2.45, 2.75) is 44.2 Å². The fourth-order valence-electron chi connectivity index (χ4n) is 1.06. The molecule has 0 unspecified atom stereocenters.